The number of halogens is 1. The molecule has 80 valence electrons. The maximum Gasteiger partial charge on any atom is 0.115 e. The van der Waals surface area contributed by atoms with Gasteiger partial charge in [-0.2, -0.15) is 0 Å². The van der Waals surface area contributed by atoms with Gasteiger partial charge >= 0.3 is 0 Å². The zero-order chi connectivity index (χ0) is 11.0. The van der Waals surface area contributed by atoms with Gasteiger partial charge in [-0.3, -0.25) is 0 Å². The number of epoxide rings is 1. The molecule has 0 N–H and O–H groups in total. The van der Waals surface area contributed by atoms with Crippen molar-refractivity contribution in [2.45, 2.75) is 12.2 Å². The maximum atomic E-state index is 6.13. The monoisotopic (exact) mass is 230 g/mol. The summed E-state index contributed by atoms with van der Waals surface area (Å²) in [6.07, 6.45) is 0.289. The molecule has 1 aliphatic heterocycles. The quantitative estimate of drug-likeness (QED) is 0.706. The molecule has 1 heterocycles. The molecule has 0 amide bonds. The zero-order valence-corrected chi connectivity index (χ0v) is 9.39. The van der Waals surface area contributed by atoms with E-state index in [1.54, 1.807) is 0 Å². The lowest BCUT2D eigenvalue weighted by atomic mass is 10.0. The molecule has 2 aromatic rings. The van der Waals surface area contributed by atoms with Crippen molar-refractivity contribution in [2.24, 2.45) is 0 Å². The Morgan fingerprint density at radius 3 is 2.25 bits per heavy atom. The maximum absolute atomic E-state index is 6.13. The Morgan fingerprint density at radius 1 is 0.812 bits per heavy atom. The first kappa shape index (κ1) is 9.88. The van der Waals surface area contributed by atoms with Crippen LogP contribution in [0.3, 0.4) is 0 Å². The van der Waals surface area contributed by atoms with Crippen LogP contribution in [0.5, 0.6) is 0 Å². The minimum absolute atomic E-state index is 0.121. The summed E-state index contributed by atoms with van der Waals surface area (Å²) >= 11 is 6.13. The van der Waals surface area contributed by atoms with E-state index in [0.29, 0.717) is 0 Å². The van der Waals surface area contributed by atoms with Crippen LogP contribution in [0.25, 0.3) is 0 Å². The predicted molar refractivity (Wildman–Crippen MR) is 64.5 cm³/mol. The number of ether oxygens (including phenoxy) is 1. The molecule has 1 aliphatic rings. The summed E-state index contributed by atoms with van der Waals surface area (Å²) in [5.74, 6) is 0. The van der Waals surface area contributed by atoms with Gasteiger partial charge in [-0.05, 0) is 11.6 Å². The average Bonchev–Trinajstić information content (AvgIpc) is 3.11. The van der Waals surface area contributed by atoms with E-state index in [-0.39, 0.29) is 12.2 Å². The van der Waals surface area contributed by atoms with Gasteiger partial charge in [-0.1, -0.05) is 60.1 Å². The van der Waals surface area contributed by atoms with Gasteiger partial charge in [0.1, 0.15) is 12.2 Å². The summed E-state index contributed by atoms with van der Waals surface area (Å²) in [5.41, 5.74) is 2.30. The van der Waals surface area contributed by atoms with E-state index in [1.165, 1.54) is 5.56 Å². The second kappa shape index (κ2) is 3.93. The van der Waals surface area contributed by atoms with E-state index in [1.807, 2.05) is 42.5 Å². The molecule has 0 radical (unpaired) electrons. The number of hydrogen-bond donors (Lipinski definition) is 0. The first-order valence-electron chi connectivity index (χ1n) is 5.31. The third kappa shape index (κ3) is 1.73. The molecule has 2 heteroatoms. The second-order valence-electron chi connectivity index (χ2n) is 3.91. The zero-order valence-electron chi connectivity index (χ0n) is 8.64. The Labute approximate surface area is 99.6 Å². The molecule has 2 atom stereocenters. The van der Waals surface area contributed by atoms with Crippen LogP contribution >= 0.6 is 11.6 Å². The van der Waals surface area contributed by atoms with Gasteiger partial charge in [-0.15, -0.1) is 0 Å². The molecule has 2 aromatic carbocycles. The topological polar surface area (TPSA) is 12.5 Å². The fourth-order valence-electron chi connectivity index (χ4n) is 1.95. The standard InChI is InChI=1S/C14H11ClO/c15-12-9-5-4-8-11(12)14-13(16-14)10-6-2-1-3-7-10/h1-9,13-14H/t13-,14+/m0/s1. The molecule has 0 unspecified atom stereocenters. The van der Waals surface area contributed by atoms with E-state index in [4.69, 9.17) is 16.3 Å². The number of hydrogen-bond acceptors (Lipinski definition) is 1. The van der Waals surface area contributed by atoms with Gasteiger partial charge in [0, 0.05) is 10.6 Å². The van der Waals surface area contributed by atoms with Crippen LogP contribution in [0.1, 0.15) is 23.3 Å². The predicted octanol–water partition coefficient (Wildman–Crippen LogP) is 4.15. The molecule has 3 rings (SSSR count). The summed E-state index contributed by atoms with van der Waals surface area (Å²) in [4.78, 5) is 0. The molecule has 0 saturated carbocycles. The van der Waals surface area contributed by atoms with Crippen LogP contribution < -0.4 is 0 Å². The van der Waals surface area contributed by atoms with Crippen molar-refractivity contribution in [3.05, 3.63) is 70.7 Å². The van der Waals surface area contributed by atoms with Crippen LogP contribution in [0.15, 0.2) is 54.6 Å². The minimum atomic E-state index is 0.121. The lowest BCUT2D eigenvalue weighted by molar-refractivity contribution is 0.378. The third-order valence-electron chi connectivity index (χ3n) is 2.83. The van der Waals surface area contributed by atoms with Crippen molar-refractivity contribution in [1.82, 2.24) is 0 Å². The van der Waals surface area contributed by atoms with E-state index in [9.17, 15) is 0 Å². The van der Waals surface area contributed by atoms with Crippen LogP contribution in [0.2, 0.25) is 5.02 Å². The molecule has 1 saturated heterocycles. The summed E-state index contributed by atoms with van der Waals surface area (Å²) in [6, 6.07) is 18.1. The molecule has 0 spiro atoms. The third-order valence-corrected chi connectivity index (χ3v) is 3.18. The molecule has 1 fully saturated rings. The van der Waals surface area contributed by atoms with Crippen molar-refractivity contribution in [3.8, 4) is 0 Å². The fraction of sp³-hybridized carbons (Fsp3) is 0.143. The highest BCUT2D eigenvalue weighted by Gasteiger charge is 2.42. The Bertz CT molecular complexity index is 495. The minimum Gasteiger partial charge on any atom is -0.359 e. The fourth-order valence-corrected chi connectivity index (χ4v) is 2.19. The van der Waals surface area contributed by atoms with Crippen molar-refractivity contribution >= 4 is 11.6 Å². The van der Waals surface area contributed by atoms with Crippen molar-refractivity contribution in [2.75, 3.05) is 0 Å². The highest BCUT2D eigenvalue weighted by atomic mass is 35.5. The van der Waals surface area contributed by atoms with Crippen LogP contribution in [-0.4, -0.2) is 0 Å². The van der Waals surface area contributed by atoms with Crippen molar-refractivity contribution in [1.29, 1.82) is 0 Å². The molecular weight excluding hydrogens is 220 g/mol. The van der Waals surface area contributed by atoms with Crippen LogP contribution in [0, 0.1) is 0 Å². The van der Waals surface area contributed by atoms with Crippen molar-refractivity contribution in [3.63, 3.8) is 0 Å². The van der Waals surface area contributed by atoms with E-state index in [0.717, 1.165) is 10.6 Å². The Hall–Kier alpha value is -1.31. The summed E-state index contributed by atoms with van der Waals surface area (Å²) < 4.78 is 5.69. The highest BCUT2D eigenvalue weighted by molar-refractivity contribution is 6.31. The van der Waals surface area contributed by atoms with Crippen LogP contribution in [0.4, 0.5) is 0 Å². The first-order valence-corrected chi connectivity index (χ1v) is 5.69. The summed E-state index contributed by atoms with van der Waals surface area (Å²) in [5, 5.41) is 0.783. The summed E-state index contributed by atoms with van der Waals surface area (Å²) in [7, 11) is 0. The molecule has 0 bridgehead atoms. The summed E-state index contributed by atoms with van der Waals surface area (Å²) in [6.45, 7) is 0. The Kier molecular flexibility index (Phi) is 2.43. The molecule has 1 nitrogen and oxygen atoms in total. The highest BCUT2D eigenvalue weighted by Crippen LogP contribution is 2.52. The van der Waals surface area contributed by atoms with Gasteiger partial charge in [-0.25, -0.2) is 0 Å². The Morgan fingerprint density at radius 2 is 1.50 bits per heavy atom. The van der Waals surface area contributed by atoms with Crippen LogP contribution in [-0.2, 0) is 4.74 Å². The van der Waals surface area contributed by atoms with E-state index >= 15 is 0 Å². The largest absolute Gasteiger partial charge is 0.359 e. The smallest absolute Gasteiger partial charge is 0.115 e. The SMILES string of the molecule is Clc1ccccc1[C@H]1O[C@H]1c1ccccc1. The number of benzene rings is 2. The van der Waals surface area contributed by atoms with Gasteiger partial charge in [0.15, 0.2) is 0 Å². The Balaban J connectivity index is 1.85. The van der Waals surface area contributed by atoms with Gasteiger partial charge in [0.05, 0.1) is 0 Å². The van der Waals surface area contributed by atoms with E-state index < -0.39 is 0 Å². The van der Waals surface area contributed by atoms with Crippen molar-refractivity contribution < 1.29 is 4.74 Å². The molecular formula is C14H11ClO. The van der Waals surface area contributed by atoms with E-state index in [2.05, 4.69) is 12.1 Å². The van der Waals surface area contributed by atoms with Gasteiger partial charge in [0.25, 0.3) is 0 Å². The first-order chi connectivity index (χ1) is 7.86. The van der Waals surface area contributed by atoms with Gasteiger partial charge < -0.3 is 4.74 Å². The molecule has 16 heavy (non-hydrogen) atoms. The molecule has 0 aromatic heterocycles. The number of rotatable bonds is 2. The molecule has 0 aliphatic carbocycles. The average molecular weight is 231 g/mol. The second-order valence-corrected chi connectivity index (χ2v) is 4.32. The normalized spacial score (nSPS) is 23.1. The van der Waals surface area contributed by atoms with Gasteiger partial charge in [0.2, 0.25) is 0 Å². The lowest BCUT2D eigenvalue weighted by Crippen LogP contribution is -1.85. The lowest BCUT2D eigenvalue weighted by Gasteiger charge is -1.99.